The molecule has 1 aromatic carbocycles. The van der Waals surface area contributed by atoms with Crippen LogP contribution in [0, 0.1) is 10.1 Å². The molecular weight excluding hydrogens is 222 g/mol. The van der Waals surface area contributed by atoms with E-state index < -0.39 is 0 Å². The standard InChI is InChI=1S/C11H15N3O3/c1-17-10-4-2-3-9(11(10)14(15)16)13-7-5-12-6-8-13/h2-4,12H,5-8H2,1H3. The lowest BCUT2D eigenvalue weighted by atomic mass is 10.2. The van der Waals surface area contributed by atoms with Crippen LogP contribution >= 0.6 is 0 Å². The molecule has 0 radical (unpaired) electrons. The van der Waals surface area contributed by atoms with E-state index in [2.05, 4.69) is 5.32 Å². The van der Waals surface area contributed by atoms with E-state index in [0.717, 1.165) is 26.2 Å². The van der Waals surface area contributed by atoms with E-state index in [1.807, 2.05) is 4.90 Å². The Kier molecular flexibility index (Phi) is 3.43. The summed E-state index contributed by atoms with van der Waals surface area (Å²) >= 11 is 0. The van der Waals surface area contributed by atoms with Crippen molar-refractivity contribution in [1.82, 2.24) is 5.32 Å². The average Bonchev–Trinajstić information content (AvgIpc) is 2.38. The van der Waals surface area contributed by atoms with Crippen LogP contribution < -0.4 is 15.0 Å². The van der Waals surface area contributed by atoms with Crippen molar-refractivity contribution in [3.05, 3.63) is 28.3 Å². The monoisotopic (exact) mass is 237 g/mol. The number of nitrogens with zero attached hydrogens (tertiary/aromatic N) is 2. The largest absolute Gasteiger partial charge is 0.490 e. The molecule has 0 saturated carbocycles. The zero-order valence-electron chi connectivity index (χ0n) is 9.68. The molecule has 92 valence electrons. The van der Waals surface area contributed by atoms with Gasteiger partial charge in [0.25, 0.3) is 0 Å². The van der Waals surface area contributed by atoms with Crippen molar-refractivity contribution < 1.29 is 9.66 Å². The first-order valence-electron chi connectivity index (χ1n) is 5.51. The van der Waals surface area contributed by atoms with E-state index in [1.165, 1.54) is 7.11 Å². The quantitative estimate of drug-likeness (QED) is 0.627. The number of piperazine rings is 1. The first-order valence-corrected chi connectivity index (χ1v) is 5.51. The predicted octanol–water partition coefficient (Wildman–Crippen LogP) is 1.01. The van der Waals surface area contributed by atoms with Crippen molar-refractivity contribution in [2.75, 3.05) is 38.2 Å². The number of benzene rings is 1. The first kappa shape index (κ1) is 11.7. The topological polar surface area (TPSA) is 67.6 Å². The van der Waals surface area contributed by atoms with Crippen LogP contribution in [-0.2, 0) is 0 Å². The van der Waals surface area contributed by atoms with Crippen LogP contribution in [0.5, 0.6) is 5.75 Å². The molecule has 0 aromatic heterocycles. The van der Waals surface area contributed by atoms with Gasteiger partial charge < -0.3 is 15.0 Å². The number of nitrogens with one attached hydrogen (secondary N) is 1. The van der Waals surface area contributed by atoms with Gasteiger partial charge in [0.2, 0.25) is 0 Å². The molecule has 1 aliphatic rings. The number of para-hydroxylation sites is 1. The van der Waals surface area contributed by atoms with Crippen molar-refractivity contribution in [3.8, 4) is 5.75 Å². The van der Waals surface area contributed by atoms with E-state index in [-0.39, 0.29) is 10.6 Å². The van der Waals surface area contributed by atoms with E-state index in [0.29, 0.717) is 11.4 Å². The molecule has 17 heavy (non-hydrogen) atoms. The highest BCUT2D eigenvalue weighted by Gasteiger charge is 2.25. The van der Waals surface area contributed by atoms with Gasteiger partial charge in [-0.25, -0.2) is 0 Å². The van der Waals surface area contributed by atoms with Gasteiger partial charge >= 0.3 is 5.69 Å². The fourth-order valence-electron chi connectivity index (χ4n) is 2.02. The predicted molar refractivity (Wildman–Crippen MR) is 64.7 cm³/mol. The molecule has 1 aromatic rings. The summed E-state index contributed by atoms with van der Waals surface area (Å²) in [6.45, 7) is 3.23. The van der Waals surface area contributed by atoms with Crippen LogP contribution in [0.4, 0.5) is 11.4 Å². The van der Waals surface area contributed by atoms with E-state index in [9.17, 15) is 10.1 Å². The maximum absolute atomic E-state index is 11.1. The van der Waals surface area contributed by atoms with Crippen molar-refractivity contribution in [2.24, 2.45) is 0 Å². The van der Waals surface area contributed by atoms with Crippen LogP contribution in [0.15, 0.2) is 18.2 Å². The summed E-state index contributed by atoms with van der Waals surface area (Å²) in [6.07, 6.45) is 0. The van der Waals surface area contributed by atoms with Crippen molar-refractivity contribution in [3.63, 3.8) is 0 Å². The van der Waals surface area contributed by atoms with E-state index >= 15 is 0 Å². The lowest BCUT2D eigenvalue weighted by molar-refractivity contribution is -0.385. The number of rotatable bonds is 3. The average molecular weight is 237 g/mol. The highest BCUT2D eigenvalue weighted by Crippen LogP contribution is 2.36. The third-order valence-corrected chi connectivity index (χ3v) is 2.84. The SMILES string of the molecule is COc1cccc(N2CCNCC2)c1[N+](=O)[O-]. The highest BCUT2D eigenvalue weighted by atomic mass is 16.6. The second kappa shape index (κ2) is 5.01. The fourth-order valence-corrected chi connectivity index (χ4v) is 2.02. The normalized spacial score (nSPS) is 15.7. The van der Waals surface area contributed by atoms with Gasteiger partial charge in [-0.2, -0.15) is 0 Å². The molecule has 6 heteroatoms. The second-order valence-electron chi connectivity index (χ2n) is 3.82. The Morgan fingerprint density at radius 3 is 2.71 bits per heavy atom. The van der Waals surface area contributed by atoms with Crippen molar-refractivity contribution in [1.29, 1.82) is 0 Å². The molecule has 1 fully saturated rings. The molecule has 2 rings (SSSR count). The molecule has 0 aliphatic carbocycles. The minimum Gasteiger partial charge on any atom is -0.490 e. The Labute approximate surface area is 99.3 Å². The lowest BCUT2D eigenvalue weighted by Gasteiger charge is -2.29. The molecule has 0 spiro atoms. The molecular formula is C11H15N3O3. The first-order chi connectivity index (χ1) is 8.24. The molecule has 0 bridgehead atoms. The number of anilines is 1. The Balaban J connectivity index is 2.40. The molecule has 0 amide bonds. The molecule has 1 aliphatic heterocycles. The number of nitro groups is 1. The zero-order chi connectivity index (χ0) is 12.3. The Morgan fingerprint density at radius 1 is 1.41 bits per heavy atom. The summed E-state index contributed by atoms with van der Waals surface area (Å²) in [5.41, 5.74) is 0.688. The summed E-state index contributed by atoms with van der Waals surface area (Å²) in [5, 5.41) is 14.3. The highest BCUT2D eigenvalue weighted by molar-refractivity contribution is 5.70. The molecule has 1 saturated heterocycles. The number of nitro benzene ring substituents is 1. The van der Waals surface area contributed by atoms with Gasteiger partial charge in [-0.3, -0.25) is 10.1 Å². The molecule has 0 atom stereocenters. The van der Waals surface area contributed by atoms with E-state index in [1.54, 1.807) is 18.2 Å². The van der Waals surface area contributed by atoms with Gasteiger partial charge in [-0.15, -0.1) is 0 Å². The smallest absolute Gasteiger partial charge is 0.333 e. The number of hydrogen-bond donors (Lipinski definition) is 1. The number of methoxy groups -OCH3 is 1. The Bertz CT molecular complexity index is 416. The van der Waals surface area contributed by atoms with Crippen LogP contribution in [0.25, 0.3) is 0 Å². The van der Waals surface area contributed by atoms with Gasteiger partial charge in [0, 0.05) is 26.2 Å². The molecule has 1 heterocycles. The molecule has 1 N–H and O–H groups in total. The Hall–Kier alpha value is -1.82. The molecule has 0 unspecified atom stereocenters. The third kappa shape index (κ3) is 2.31. The lowest BCUT2D eigenvalue weighted by Crippen LogP contribution is -2.43. The van der Waals surface area contributed by atoms with Gasteiger partial charge in [-0.1, -0.05) is 6.07 Å². The zero-order valence-corrected chi connectivity index (χ0v) is 9.68. The maximum atomic E-state index is 11.1. The van der Waals surface area contributed by atoms with Crippen LogP contribution in [0.2, 0.25) is 0 Å². The van der Waals surface area contributed by atoms with Crippen molar-refractivity contribution >= 4 is 11.4 Å². The summed E-state index contributed by atoms with van der Waals surface area (Å²) in [7, 11) is 1.45. The molecule has 6 nitrogen and oxygen atoms in total. The van der Waals surface area contributed by atoms with E-state index in [4.69, 9.17) is 4.74 Å². The van der Waals surface area contributed by atoms with Gasteiger partial charge in [0.05, 0.1) is 12.0 Å². The number of hydrogen-bond acceptors (Lipinski definition) is 5. The fraction of sp³-hybridized carbons (Fsp3) is 0.455. The Morgan fingerprint density at radius 2 is 2.12 bits per heavy atom. The summed E-state index contributed by atoms with van der Waals surface area (Å²) in [5.74, 6) is 0.311. The van der Waals surface area contributed by atoms with Crippen molar-refractivity contribution in [2.45, 2.75) is 0 Å². The van der Waals surface area contributed by atoms with Crippen LogP contribution in [0.3, 0.4) is 0 Å². The number of ether oxygens (including phenoxy) is 1. The van der Waals surface area contributed by atoms with Crippen LogP contribution in [0.1, 0.15) is 0 Å². The van der Waals surface area contributed by atoms with Crippen LogP contribution in [-0.4, -0.2) is 38.2 Å². The summed E-state index contributed by atoms with van der Waals surface area (Å²) in [6, 6.07) is 5.17. The van der Waals surface area contributed by atoms with Gasteiger partial charge in [0.15, 0.2) is 5.75 Å². The minimum atomic E-state index is -0.379. The second-order valence-corrected chi connectivity index (χ2v) is 3.82. The third-order valence-electron chi connectivity index (χ3n) is 2.84. The van der Waals surface area contributed by atoms with Gasteiger partial charge in [0.1, 0.15) is 5.69 Å². The summed E-state index contributed by atoms with van der Waals surface area (Å²) in [4.78, 5) is 12.8. The maximum Gasteiger partial charge on any atom is 0.333 e. The minimum absolute atomic E-state index is 0.0527. The van der Waals surface area contributed by atoms with Gasteiger partial charge in [-0.05, 0) is 12.1 Å². The summed E-state index contributed by atoms with van der Waals surface area (Å²) < 4.78 is 5.05.